The fourth-order valence-electron chi connectivity index (χ4n) is 5.50. The minimum absolute atomic E-state index is 0.0878. The maximum Gasteiger partial charge on any atom is 0.418 e. The van der Waals surface area contributed by atoms with Crippen molar-refractivity contribution >= 4 is 18.1 Å². The molecule has 0 bridgehead atoms. The maximum absolute atomic E-state index is 13.1. The number of rotatable bonds is 19. The number of nitrogens with zero attached hydrogens (tertiary/aromatic N) is 1. The Labute approximate surface area is 247 Å². The van der Waals surface area contributed by atoms with Crippen molar-refractivity contribution < 1.29 is 28.6 Å². The van der Waals surface area contributed by atoms with E-state index in [4.69, 9.17) is 14.2 Å². The van der Waals surface area contributed by atoms with Crippen LogP contribution in [0.4, 0.5) is 9.59 Å². The topological polar surface area (TPSA) is 94.2 Å². The Kier molecular flexibility index (Phi) is 16.0. The van der Waals surface area contributed by atoms with Crippen molar-refractivity contribution in [3.8, 4) is 5.75 Å². The number of allylic oxidation sites excluding steroid dienone is 1. The Balaban J connectivity index is 2.14. The van der Waals surface area contributed by atoms with Gasteiger partial charge in [0.2, 0.25) is 0 Å². The number of ether oxygens (including phenoxy) is 3. The van der Waals surface area contributed by atoms with Gasteiger partial charge in [-0.15, -0.1) is 0 Å². The molecule has 1 aromatic rings. The van der Waals surface area contributed by atoms with Crippen LogP contribution in [0.15, 0.2) is 29.5 Å². The summed E-state index contributed by atoms with van der Waals surface area (Å²) in [6, 6.07) is 4.02. The highest BCUT2D eigenvalue weighted by Crippen LogP contribution is 2.41. The average molecular weight is 573 g/mol. The summed E-state index contributed by atoms with van der Waals surface area (Å²) in [6.45, 7) is 7.92. The molecule has 41 heavy (non-hydrogen) atoms. The Morgan fingerprint density at radius 1 is 0.854 bits per heavy atom. The zero-order valence-corrected chi connectivity index (χ0v) is 26.0. The summed E-state index contributed by atoms with van der Waals surface area (Å²) < 4.78 is 16.3. The monoisotopic (exact) mass is 572 g/mol. The first kappa shape index (κ1) is 34.2. The lowest BCUT2D eigenvalue weighted by Gasteiger charge is -2.37. The molecule has 8 nitrogen and oxygen atoms in total. The minimum atomic E-state index is -1.03. The number of aryl methyl sites for hydroxylation is 1. The summed E-state index contributed by atoms with van der Waals surface area (Å²) in [6.07, 6.45) is 16.4. The van der Waals surface area contributed by atoms with Gasteiger partial charge in [-0.2, -0.15) is 0 Å². The molecule has 0 radical (unpaired) electrons. The lowest BCUT2D eigenvalue weighted by molar-refractivity contribution is -0.136. The van der Waals surface area contributed by atoms with Crippen molar-refractivity contribution in [2.24, 2.45) is 0 Å². The van der Waals surface area contributed by atoms with Crippen molar-refractivity contribution in [3.05, 3.63) is 40.6 Å². The molecule has 0 saturated heterocycles. The van der Waals surface area contributed by atoms with Gasteiger partial charge in [0.25, 0.3) is 0 Å². The van der Waals surface area contributed by atoms with E-state index in [2.05, 4.69) is 12.2 Å². The number of benzene rings is 1. The van der Waals surface area contributed by atoms with Gasteiger partial charge >= 0.3 is 18.1 Å². The molecule has 230 valence electrons. The third kappa shape index (κ3) is 10.4. The molecule has 0 aromatic heterocycles. The normalized spacial score (nSPS) is 15.1. The summed E-state index contributed by atoms with van der Waals surface area (Å²) in [7, 11) is 1.29. The standard InChI is InChI=1S/C33H52N2O6/c1-6-9-10-11-12-13-14-15-16-17-18-19-20-22-26-23-21-24-27(40-7-2)29(26)30-28(31(36)39-5)25(4)34-32(37)35(30)33(38)41-8-3/h21,23-24,30H,6-20,22H2,1-5H3,(H,34,37). The maximum atomic E-state index is 13.1. The Bertz CT molecular complexity index is 1010. The molecular formula is C33H52N2O6. The highest BCUT2D eigenvalue weighted by Gasteiger charge is 2.44. The molecule has 2 rings (SSSR count). The number of hydrogen-bond acceptors (Lipinski definition) is 6. The second-order valence-corrected chi connectivity index (χ2v) is 10.7. The van der Waals surface area contributed by atoms with Gasteiger partial charge in [-0.05, 0) is 45.2 Å². The van der Waals surface area contributed by atoms with Crippen LogP contribution in [0, 0.1) is 0 Å². The van der Waals surface area contributed by atoms with Gasteiger partial charge in [-0.3, -0.25) is 0 Å². The van der Waals surface area contributed by atoms with Crippen molar-refractivity contribution in [1.29, 1.82) is 0 Å². The van der Waals surface area contributed by atoms with E-state index in [-0.39, 0.29) is 12.2 Å². The van der Waals surface area contributed by atoms with E-state index in [1.165, 1.54) is 77.7 Å². The molecule has 0 fully saturated rings. The number of methoxy groups -OCH3 is 1. The van der Waals surface area contributed by atoms with Crippen LogP contribution in [0.2, 0.25) is 0 Å². The Morgan fingerprint density at radius 2 is 1.44 bits per heavy atom. The van der Waals surface area contributed by atoms with Crippen molar-refractivity contribution in [2.75, 3.05) is 20.3 Å². The first-order valence-electron chi connectivity index (χ1n) is 15.7. The number of amides is 3. The van der Waals surface area contributed by atoms with Gasteiger partial charge in [-0.1, -0.05) is 96.1 Å². The predicted molar refractivity (Wildman–Crippen MR) is 162 cm³/mol. The zero-order chi connectivity index (χ0) is 30.0. The molecule has 0 saturated carbocycles. The molecule has 1 unspecified atom stereocenters. The number of carbonyl (C=O) groups excluding carboxylic acids is 3. The summed E-state index contributed by atoms with van der Waals surface area (Å²) in [5.41, 5.74) is 2.07. The van der Waals surface area contributed by atoms with Crippen LogP contribution in [-0.4, -0.2) is 43.3 Å². The molecule has 1 heterocycles. The van der Waals surface area contributed by atoms with Crippen LogP contribution >= 0.6 is 0 Å². The van der Waals surface area contributed by atoms with E-state index in [0.29, 0.717) is 23.6 Å². The summed E-state index contributed by atoms with van der Waals surface area (Å²) in [4.78, 5) is 40.1. The number of imide groups is 1. The lowest BCUT2D eigenvalue weighted by Crippen LogP contribution is -2.51. The molecule has 1 aliphatic rings. The van der Waals surface area contributed by atoms with Gasteiger partial charge in [0, 0.05) is 11.3 Å². The fourth-order valence-corrected chi connectivity index (χ4v) is 5.50. The number of unbranched alkanes of at least 4 members (excludes halogenated alkanes) is 12. The first-order valence-corrected chi connectivity index (χ1v) is 15.7. The number of hydrogen-bond donors (Lipinski definition) is 1. The molecular weight excluding hydrogens is 520 g/mol. The smallest absolute Gasteiger partial charge is 0.418 e. The first-order chi connectivity index (χ1) is 19.9. The molecule has 0 spiro atoms. The van der Waals surface area contributed by atoms with Crippen LogP contribution in [0.5, 0.6) is 5.75 Å². The van der Waals surface area contributed by atoms with Gasteiger partial charge in [0.05, 0.1) is 25.9 Å². The van der Waals surface area contributed by atoms with Crippen LogP contribution < -0.4 is 10.1 Å². The van der Waals surface area contributed by atoms with Crippen molar-refractivity contribution in [3.63, 3.8) is 0 Å². The molecule has 0 aliphatic carbocycles. The molecule has 8 heteroatoms. The number of carbonyl (C=O) groups is 3. The van der Waals surface area contributed by atoms with Gasteiger partial charge < -0.3 is 19.5 Å². The van der Waals surface area contributed by atoms with Gasteiger partial charge in [-0.25, -0.2) is 19.3 Å². The van der Waals surface area contributed by atoms with E-state index in [1.807, 2.05) is 25.1 Å². The third-order valence-corrected chi connectivity index (χ3v) is 7.60. The van der Waals surface area contributed by atoms with E-state index in [0.717, 1.165) is 29.7 Å². The fraction of sp³-hybridized carbons (Fsp3) is 0.667. The van der Waals surface area contributed by atoms with Crippen LogP contribution in [0.1, 0.15) is 128 Å². The quantitative estimate of drug-likeness (QED) is 0.132. The number of esters is 1. The van der Waals surface area contributed by atoms with Crippen molar-refractivity contribution in [2.45, 2.75) is 124 Å². The lowest BCUT2D eigenvalue weighted by atomic mass is 9.88. The second kappa shape index (κ2) is 19.2. The molecule has 1 N–H and O–H groups in total. The summed E-state index contributed by atoms with van der Waals surface area (Å²) >= 11 is 0. The predicted octanol–water partition coefficient (Wildman–Crippen LogP) is 8.39. The van der Waals surface area contributed by atoms with E-state index in [1.54, 1.807) is 13.8 Å². The molecule has 1 atom stereocenters. The molecule has 1 aromatic carbocycles. The van der Waals surface area contributed by atoms with Crippen LogP contribution in [0.25, 0.3) is 0 Å². The van der Waals surface area contributed by atoms with E-state index >= 15 is 0 Å². The van der Waals surface area contributed by atoms with Crippen molar-refractivity contribution in [1.82, 2.24) is 10.2 Å². The van der Waals surface area contributed by atoms with Gasteiger partial charge in [0.15, 0.2) is 0 Å². The van der Waals surface area contributed by atoms with Crippen LogP contribution in [-0.2, 0) is 20.7 Å². The minimum Gasteiger partial charge on any atom is -0.493 e. The van der Waals surface area contributed by atoms with E-state index in [9.17, 15) is 14.4 Å². The number of nitrogens with one attached hydrogen (secondary N) is 1. The Hall–Kier alpha value is -3.03. The van der Waals surface area contributed by atoms with Crippen LogP contribution in [0.3, 0.4) is 0 Å². The average Bonchev–Trinajstić information content (AvgIpc) is 2.95. The summed E-state index contributed by atoms with van der Waals surface area (Å²) in [5.74, 6) is -0.0945. The largest absolute Gasteiger partial charge is 0.493 e. The molecule has 1 aliphatic heterocycles. The summed E-state index contributed by atoms with van der Waals surface area (Å²) in [5, 5.41) is 2.62. The Morgan fingerprint density at radius 3 is 1.98 bits per heavy atom. The number of urea groups is 1. The van der Waals surface area contributed by atoms with Gasteiger partial charge in [0.1, 0.15) is 11.8 Å². The highest BCUT2D eigenvalue weighted by molar-refractivity contribution is 6.00. The molecule has 3 amide bonds. The SMILES string of the molecule is CCCCCCCCCCCCCCCc1cccc(OCC)c1C1C(C(=O)OC)=C(C)NC(=O)N1C(=O)OCC. The zero-order valence-electron chi connectivity index (χ0n) is 26.0. The third-order valence-electron chi connectivity index (χ3n) is 7.60. The second-order valence-electron chi connectivity index (χ2n) is 10.7. The van der Waals surface area contributed by atoms with E-state index < -0.39 is 24.1 Å². The highest BCUT2D eigenvalue weighted by atomic mass is 16.6.